The highest BCUT2D eigenvalue weighted by molar-refractivity contribution is 7.13. The van der Waals surface area contributed by atoms with Crippen LogP contribution in [-0.4, -0.2) is 52.5 Å². The molecule has 2 saturated heterocycles. The molecular weight excluding hydrogens is 406 g/mol. The van der Waals surface area contributed by atoms with Gasteiger partial charge in [-0.15, -0.1) is 11.3 Å². The fourth-order valence-electron chi connectivity index (χ4n) is 4.72. The highest BCUT2D eigenvalue weighted by atomic mass is 32.1. The summed E-state index contributed by atoms with van der Waals surface area (Å²) >= 11 is 1.59. The Labute approximate surface area is 187 Å². The molecule has 0 spiro atoms. The number of carbonyl (C=O) groups is 1. The number of ether oxygens (including phenoxy) is 1. The minimum absolute atomic E-state index is 0.124. The molecule has 5 nitrogen and oxygen atoms in total. The van der Waals surface area contributed by atoms with E-state index in [9.17, 15) is 4.79 Å². The Bertz CT molecular complexity index is 1020. The minimum Gasteiger partial charge on any atom is -0.487 e. The molecule has 0 N–H and O–H groups in total. The molecule has 2 aliphatic heterocycles. The van der Waals surface area contributed by atoms with Crippen LogP contribution < -0.4 is 4.74 Å². The van der Waals surface area contributed by atoms with Crippen molar-refractivity contribution in [1.29, 1.82) is 0 Å². The summed E-state index contributed by atoms with van der Waals surface area (Å²) in [5.74, 6) is 1.09. The molecule has 2 atom stereocenters. The largest absolute Gasteiger partial charge is 0.487 e. The van der Waals surface area contributed by atoms with Crippen LogP contribution in [0.15, 0.2) is 67.0 Å². The van der Waals surface area contributed by atoms with Gasteiger partial charge in [0.2, 0.25) is 0 Å². The molecule has 4 heterocycles. The van der Waals surface area contributed by atoms with Gasteiger partial charge in [-0.05, 0) is 61.7 Å². The summed E-state index contributed by atoms with van der Waals surface area (Å²) in [6.45, 7) is 4.57. The van der Waals surface area contributed by atoms with Crippen molar-refractivity contribution in [3.8, 4) is 5.75 Å². The van der Waals surface area contributed by atoms with E-state index in [1.54, 1.807) is 11.3 Å². The zero-order valence-electron chi connectivity index (χ0n) is 17.7. The van der Waals surface area contributed by atoms with Crippen molar-refractivity contribution in [2.24, 2.45) is 0 Å². The fraction of sp³-hybridized carbons (Fsp3) is 0.360. The fourth-order valence-corrected chi connectivity index (χ4v) is 5.56. The van der Waals surface area contributed by atoms with Crippen LogP contribution in [0.3, 0.4) is 0 Å². The minimum atomic E-state index is 0.124. The van der Waals surface area contributed by atoms with Crippen LogP contribution in [0.4, 0.5) is 0 Å². The van der Waals surface area contributed by atoms with Gasteiger partial charge >= 0.3 is 0 Å². The standard InChI is InChI=1S/C25H27N3O2S/c1-18-7-8-23(31-18)25(29)27-15-11-20(12-16-27)28-17-22(30-21-5-3-2-4-6-21)24(28)19-9-13-26-14-10-19/h2-10,13-14,20,22,24H,11-12,15-17H2,1H3/t22-,24-/m0/s1. The zero-order chi connectivity index (χ0) is 21.2. The van der Waals surface area contributed by atoms with E-state index in [1.165, 1.54) is 10.4 Å². The predicted molar refractivity (Wildman–Crippen MR) is 123 cm³/mol. The third kappa shape index (κ3) is 4.23. The molecule has 5 rings (SSSR count). The Morgan fingerprint density at radius 2 is 1.77 bits per heavy atom. The van der Waals surface area contributed by atoms with Crippen molar-refractivity contribution in [2.45, 2.75) is 38.0 Å². The number of thiophene rings is 1. The molecule has 0 saturated carbocycles. The van der Waals surface area contributed by atoms with Crippen LogP contribution in [0, 0.1) is 6.92 Å². The smallest absolute Gasteiger partial charge is 0.263 e. The molecule has 2 aromatic heterocycles. The maximum atomic E-state index is 12.8. The maximum Gasteiger partial charge on any atom is 0.263 e. The Kier molecular flexibility index (Phi) is 5.74. The number of para-hydroxylation sites is 1. The van der Waals surface area contributed by atoms with Crippen LogP contribution in [-0.2, 0) is 0 Å². The quantitative estimate of drug-likeness (QED) is 0.592. The highest BCUT2D eigenvalue weighted by Gasteiger charge is 2.46. The third-order valence-electron chi connectivity index (χ3n) is 6.35. The molecule has 3 aromatic rings. The van der Waals surface area contributed by atoms with Gasteiger partial charge in [0.25, 0.3) is 5.91 Å². The summed E-state index contributed by atoms with van der Waals surface area (Å²) in [6.07, 6.45) is 5.83. The molecule has 0 unspecified atom stereocenters. The Morgan fingerprint density at radius 3 is 2.45 bits per heavy atom. The number of carbonyl (C=O) groups excluding carboxylic acids is 1. The van der Waals surface area contributed by atoms with Gasteiger partial charge in [0.05, 0.1) is 10.9 Å². The number of benzene rings is 1. The topological polar surface area (TPSA) is 45.7 Å². The molecular formula is C25H27N3O2S. The number of hydrogen-bond acceptors (Lipinski definition) is 5. The lowest BCUT2D eigenvalue weighted by Gasteiger charge is -2.53. The van der Waals surface area contributed by atoms with Crippen LogP contribution in [0.1, 0.15) is 39.0 Å². The summed E-state index contributed by atoms with van der Waals surface area (Å²) < 4.78 is 6.33. The van der Waals surface area contributed by atoms with E-state index in [-0.39, 0.29) is 18.1 Å². The van der Waals surface area contributed by atoms with Gasteiger partial charge in [-0.1, -0.05) is 18.2 Å². The van der Waals surface area contributed by atoms with E-state index in [4.69, 9.17) is 4.74 Å². The Balaban J connectivity index is 1.26. The number of piperidine rings is 1. The molecule has 31 heavy (non-hydrogen) atoms. The van der Waals surface area contributed by atoms with Crippen molar-refractivity contribution in [3.63, 3.8) is 0 Å². The van der Waals surface area contributed by atoms with Crippen LogP contribution in [0.25, 0.3) is 0 Å². The maximum absolute atomic E-state index is 12.8. The Hall–Kier alpha value is -2.70. The van der Waals surface area contributed by atoms with Gasteiger partial charge in [-0.2, -0.15) is 0 Å². The average molecular weight is 434 g/mol. The van der Waals surface area contributed by atoms with Crippen molar-refractivity contribution in [1.82, 2.24) is 14.8 Å². The number of pyridine rings is 1. The predicted octanol–water partition coefficient (Wildman–Crippen LogP) is 4.56. The van der Waals surface area contributed by atoms with Gasteiger partial charge in [-0.25, -0.2) is 0 Å². The van der Waals surface area contributed by atoms with Gasteiger partial charge in [0.15, 0.2) is 0 Å². The second-order valence-corrected chi connectivity index (χ2v) is 9.61. The van der Waals surface area contributed by atoms with E-state index < -0.39 is 0 Å². The lowest BCUT2D eigenvalue weighted by atomic mass is 9.87. The van der Waals surface area contributed by atoms with Gasteiger partial charge in [0.1, 0.15) is 11.9 Å². The number of amides is 1. The van der Waals surface area contributed by atoms with Gasteiger partial charge in [-0.3, -0.25) is 14.7 Å². The van der Waals surface area contributed by atoms with Crippen molar-refractivity contribution in [2.75, 3.05) is 19.6 Å². The molecule has 1 amide bonds. The number of rotatable bonds is 5. The van der Waals surface area contributed by atoms with E-state index in [1.807, 2.05) is 66.7 Å². The number of aromatic nitrogens is 1. The van der Waals surface area contributed by atoms with E-state index in [0.29, 0.717) is 6.04 Å². The molecule has 0 aliphatic carbocycles. The Morgan fingerprint density at radius 1 is 1.03 bits per heavy atom. The molecule has 0 radical (unpaired) electrons. The van der Waals surface area contributed by atoms with Crippen molar-refractivity contribution < 1.29 is 9.53 Å². The lowest BCUT2D eigenvalue weighted by molar-refractivity contribution is -0.0842. The van der Waals surface area contributed by atoms with Crippen LogP contribution in [0.5, 0.6) is 5.75 Å². The highest BCUT2D eigenvalue weighted by Crippen LogP contribution is 2.40. The van der Waals surface area contributed by atoms with Crippen molar-refractivity contribution in [3.05, 3.63) is 82.3 Å². The number of aryl methyl sites for hydroxylation is 1. The first kappa shape index (κ1) is 20.2. The number of likely N-dealkylation sites (tertiary alicyclic amines) is 2. The summed E-state index contributed by atoms with van der Waals surface area (Å²) in [6, 6.07) is 18.9. The summed E-state index contributed by atoms with van der Waals surface area (Å²) in [4.78, 5) is 23.6. The van der Waals surface area contributed by atoms with E-state index >= 15 is 0 Å². The van der Waals surface area contributed by atoms with E-state index in [0.717, 1.165) is 43.1 Å². The third-order valence-corrected chi connectivity index (χ3v) is 7.34. The molecule has 6 heteroatoms. The van der Waals surface area contributed by atoms with Gasteiger partial charge in [0, 0.05) is 42.9 Å². The van der Waals surface area contributed by atoms with Gasteiger partial charge < -0.3 is 9.64 Å². The SMILES string of the molecule is Cc1ccc(C(=O)N2CCC(N3C[C@H](Oc4ccccc4)[C@@H]3c3ccncc3)CC2)s1. The van der Waals surface area contributed by atoms with E-state index in [2.05, 4.69) is 22.0 Å². The second-order valence-electron chi connectivity index (χ2n) is 8.33. The lowest BCUT2D eigenvalue weighted by Crippen LogP contribution is -2.61. The summed E-state index contributed by atoms with van der Waals surface area (Å²) in [7, 11) is 0. The normalized spacial score (nSPS) is 22.2. The molecule has 160 valence electrons. The molecule has 0 bridgehead atoms. The van der Waals surface area contributed by atoms with Crippen molar-refractivity contribution >= 4 is 17.2 Å². The first-order valence-corrected chi connectivity index (χ1v) is 11.7. The van der Waals surface area contributed by atoms with Crippen LogP contribution in [0.2, 0.25) is 0 Å². The average Bonchev–Trinajstić information content (AvgIpc) is 3.24. The second kappa shape index (κ2) is 8.81. The van der Waals surface area contributed by atoms with Crippen LogP contribution >= 0.6 is 11.3 Å². The first-order chi connectivity index (χ1) is 15.2. The molecule has 1 aromatic carbocycles. The zero-order valence-corrected chi connectivity index (χ0v) is 18.5. The molecule has 2 fully saturated rings. The molecule has 2 aliphatic rings. The summed E-state index contributed by atoms with van der Waals surface area (Å²) in [5, 5.41) is 0. The summed E-state index contributed by atoms with van der Waals surface area (Å²) in [5.41, 5.74) is 1.25. The monoisotopic (exact) mass is 433 g/mol. The number of nitrogens with zero attached hydrogens (tertiary/aromatic N) is 3. The first-order valence-electron chi connectivity index (χ1n) is 10.9. The number of hydrogen-bond donors (Lipinski definition) is 0.